The molecule has 0 aliphatic carbocycles. The highest BCUT2D eigenvalue weighted by Gasteiger charge is 2.06. The van der Waals surface area contributed by atoms with Gasteiger partial charge in [-0.3, -0.25) is 4.68 Å². The summed E-state index contributed by atoms with van der Waals surface area (Å²) in [5.41, 5.74) is 8.49. The molecule has 2 rings (SSSR count). The van der Waals surface area contributed by atoms with Gasteiger partial charge in [0.15, 0.2) is 0 Å². The molecule has 1 aromatic heterocycles. The largest absolute Gasteiger partial charge is 0.398 e. The quantitative estimate of drug-likeness (QED) is 0.843. The molecule has 2 aromatic rings. The van der Waals surface area contributed by atoms with Gasteiger partial charge in [-0.05, 0) is 12.5 Å². The zero-order valence-corrected chi connectivity index (χ0v) is 11.6. The van der Waals surface area contributed by atoms with Crippen LogP contribution in [0.1, 0.15) is 6.42 Å². The summed E-state index contributed by atoms with van der Waals surface area (Å²) in [4.78, 5) is 0. The van der Waals surface area contributed by atoms with E-state index in [-0.39, 0.29) is 5.75 Å². The SMILES string of the molecule is CS(=O)(=O)CCCn1cc(-c2ccccc2N)cn1. The fourth-order valence-electron chi connectivity index (χ4n) is 1.87. The molecule has 2 N–H and O–H groups in total. The summed E-state index contributed by atoms with van der Waals surface area (Å²) in [6.45, 7) is 0.583. The summed E-state index contributed by atoms with van der Waals surface area (Å²) < 4.78 is 23.8. The minimum Gasteiger partial charge on any atom is -0.398 e. The van der Waals surface area contributed by atoms with Crippen molar-refractivity contribution in [1.29, 1.82) is 0 Å². The van der Waals surface area contributed by atoms with Crippen molar-refractivity contribution in [2.24, 2.45) is 0 Å². The van der Waals surface area contributed by atoms with E-state index in [1.54, 1.807) is 10.9 Å². The van der Waals surface area contributed by atoms with Gasteiger partial charge in [-0.25, -0.2) is 8.42 Å². The number of nitrogens with zero attached hydrogens (tertiary/aromatic N) is 2. The zero-order valence-electron chi connectivity index (χ0n) is 10.8. The first-order chi connectivity index (χ1) is 8.96. The van der Waals surface area contributed by atoms with Gasteiger partial charge >= 0.3 is 0 Å². The first kappa shape index (κ1) is 13.6. The molecule has 0 radical (unpaired) electrons. The van der Waals surface area contributed by atoms with Crippen molar-refractivity contribution >= 4 is 15.5 Å². The lowest BCUT2D eigenvalue weighted by Crippen LogP contribution is -2.07. The Morgan fingerprint density at radius 1 is 1.32 bits per heavy atom. The smallest absolute Gasteiger partial charge is 0.147 e. The van der Waals surface area contributed by atoms with Crippen molar-refractivity contribution in [2.45, 2.75) is 13.0 Å². The molecule has 0 bridgehead atoms. The molecule has 0 fully saturated rings. The van der Waals surface area contributed by atoms with Crippen molar-refractivity contribution < 1.29 is 8.42 Å². The van der Waals surface area contributed by atoms with Gasteiger partial charge in [-0.15, -0.1) is 0 Å². The average Bonchev–Trinajstić information content (AvgIpc) is 2.76. The number of aryl methyl sites for hydroxylation is 1. The number of hydrogen-bond donors (Lipinski definition) is 1. The number of sulfone groups is 1. The molecule has 0 saturated carbocycles. The zero-order chi connectivity index (χ0) is 13.9. The van der Waals surface area contributed by atoms with Crippen molar-refractivity contribution in [3.8, 4) is 11.1 Å². The van der Waals surface area contributed by atoms with Gasteiger partial charge in [-0.1, -0.05) is 18.2 Å². The van der Waals surface area contributed by atoms with Gasteiger partial charge in [0.05, 0.1) is 11.9 Å². The number of nitrogen functional groups attached to an aromatic ring is 1. The number of hydrogen-bond acceptors (Lipinski definition) is 4. The lowest BCUT2D eigenvalue weighted by atomic mass is 10.1. The van der Waals surface area contributed by atoms with Gasteiger partial charge in [0, 0.05) is 35.8 Å². The van der Waals surface area contributed by atoms with Crippen LogP contribution in [0.15, 0.2) is 36.7 Å². The minimum absolute atomic E-state index is 0.176. The van der Waals surface area contributed by atoms with Crippen molar-refractivity contribution in [3.63, 3.8) is 0 Å². The van der Waals surface area contributed by atoms with Crippen LogP contribution in [-0.4, -0.2) is 30.2 Å². The van der Waals surface area contributed by atoms with E-state index in [9.17, 15) is 8.42 Å². The fourth-order valence-corrected chi connectivity index (χ4v) is 2.53. The van der Waals surface area contributed by atoms with Crippen LogP contribution in [-0.2, 0) is 16.4 Å². The van der Waals surface area contributed by atoms with E-state index in [4.69, 9.17) is 5.73 Å². The summed E-state index contributed by atoms with van der Waals surface area (Å²) in [5.74, 6) is 0.176. The maximum absolute atomic E-state index is 11.0. The summed E-state index contributed by atoms with van der Waals surface area (Å²) >= 11 is 0. The van der Waals surface area contributed by atoms with Gasteiger partial charge in [0.2, 0.25) is 0 Å². The second kappa shape index (κ2) is 5.44. The van der Waals surface area contributed by atoms with E-state index in [1.807, 2.05) is 30.5 Å². The Morgan fingerprint density at radius 2 is 2.05 bits per heavy atom. The molecule has 5 nitrogen and oxygen atoms in total. The Labute approximate surface area is 113 Å². The molecule has 102 valence electrons. The monoisotopic (exact) mass is 279 g/mol. The molecule has 0 saturated heterocycles. The van der Waals surface area contributed by atoms with Gasteiger partial charge < -0.3 is 5.73 Å². The first-order valence-corrected chi connectivity index (χ1v) is 8.07. The van der Waals surface area contributed by atoms with Gasteiger partial charge in [0.1, 0.15) is 9.84 Å². The third-order valence-electron chi connectivity index (χ3n) is 2.81. The molecule has 0 spiro atoms. The highest BCUT2D eigenvalue weighted by atomic mass is 32.2. The van der Waals surface area contributed by atoms with Crippen LogP contribution >= 0.6 is 0 Å². The number of anilines is 1. The van der Waals surface area contributed by atoms with E-state index < -0.39 is 9.84 Å². The standard InChI is InChI=1S/C13H17N3O2S/c1-19(17,18)8-4-7-16-10-11(9-15-16)12-5-2-3-6-13(12)14/h2-3,5-6,9-10H,4,7-8,14H2,1H3. The summed E-state index contributed by atoms with van der Waals surface area (Å²) in [7, 11) is -2.91. The van der Waals surface area contributed by atoms with Crippen LogP contribution in [0.5, 0.6) is 0 Å². The molecular formula is C13H17N3O2S. The highest BCUT2D eigenvalue weighted by molar-refractivity contribution is 7.90. The van der Waals surface area contributed by atoms with Crippen molar-refractivity contribution in [2.75, 3.05) is 17.7 Å². The van der Waals surface area contributed by atoms with Gasteiger partial charge in [0.25, 0.3) is 0 Å². The van der Waals surface area contributed by atoms with Crippen molar-refractivity contribution in [1.82, 2.24) is 9.78 Å². The fraction of sp³-hybridized carbons (Fsp3) is 0.308. The van der Waals surface area contributed by atoms with Crippen LogP contribution in [0.3, 0.4) is 0 Å². The Kier molecular flexibility index (Phi) is 3.90. The average molecular weight is 279 g/mol. The summed E-state index contributed by atoms with van der Waals surface area (Å²) in [6, 6.07) is 7.59. The second-order valence-electron chi connectivity index (χ2n) is 4.56. The number of para-hydroxylation sites is 1. The minimum atomic E-state index is -2.91. The lowest BCUT2D eigenvalue weighted by Gasteiger charge is -2.02. The van der Waals surface area contributed by atoms with E-state index in [1.165, 1.54) is 6.26 Å². The Hall–Kier alpha value is -1.82. The molecule has 0 atom stereocenters. The molecule has 0 amide bonds. The predicted octanol–water partition coefficient (Wildman–Crippen LogP) is 1.57. The molecule has 0 aliphatic rings. The Morgan fingerprint density at radius 3 is 2.74 bits per heavy atom. The number of rotatable bonds is 5. The molecule has 19 heavy (non-hydrogen) atoms. The highest BCUT2D eigenvalue weighted by Crippen LogP contribution is 2.24. The lowest BCUT2D eigenvalue weighted by molar-refractivity contribution is 0.576. The Balaban J connectivity index is 2.06. The predicted molar refractivity (Wildman–Crippen MR) is 76.4 cm³/mol. The summed E-state index contributed by atoms with van der Waals surface area (Å²) in [5, 5.41) is 4.22. The maximum Gasteiger partial charge on any atom is 0.147 e. The van der Waals surface area contributed by atoms with E-state index >= 15 is 0 Å². The molecular weight excluding hydrogens is 262 g/mol. The maximum atomic E-state index is 11.0. The molecule has 1 heterocycles. The summed E-state index contributed by atoms with van der Waals surface area (Å²) in [6.07, 6.45) is 5.43. The van der Waals surface area contributed by atoms with Crippen LogP contribution in [0.2, 0.25) is 0 Å². The van der Waals surface area contributed by atoms with Crippen LogP contribution < -0.4 is 5.73 Å². The number of aromatic nitrogens is 2. The van der Waals surface area contributed by atoms with Gasteiger partial charge in [-0.2, -0.15) is 5.10 Å². The van der Waals surface area contributed by atoms with Crippen LogP contribution in [0.4, 0.5) is 5.69 Å². The van der Waals surface area contributed by atoms with Crippen LogP contribution in [0.25, 0.3) is 11.1 Å². The topological polar surface area (TPSA) is 78.0 Å². The first-order valence-electron chi connectivity index (χ1n) is 6.01. The van der Waals surface area contributed by atoms with E-state index in [0.717, 1.165) is 11.1 Å². The molecule has 1 aromatic carbocycles. The van der Waals surface area contributed by atoms with Crippen LogP contribution in [0, 0.1) is 0 Å². The molecule has 0 aliphatic heterocycles. The van der Waals surface area contributed by atoms with E-state index in [0.29, 0.717) is 18.7 Å². The molecule has 6 heteroatoms. The third-order valence-corrected chi connectivity index (χ3v) is 3.84. The Bertz CT molecular complexity index is 662. The van der Waals surface area contributed by atoms with Crippen molar-refractivity contribution in [3.05, 3.63) is 36.7 Å². The normalized spacial score (nSPS) is 11.6. The number of nitrogens with two attached hydrogens (primary N) is 1. The van der Waals surface area contributed by atoms with E-state index in [2.05, 4.69) is 5.10 Å². The second-order valence-corrected chi connectivity index (χ2v) is 6.82. The molecule has 0 unspecified atom stereocenters. The third kappa shape index (κ3) is 3.82. The number of benzene rings is 1.